The summed E-state index contributed by atoms with van der Waals surface area (Å²) in [7, 11) is -0.137. The van der Waals surface area contributed by atoms with Gasteiger partial charge in [-0.3, -0.25) is 24.4 Å². The molecule has 3 aliphatic carbocycles. The van der Waals surface area contributed by atoms with Crippen molar-refractivity contribution in [2.24, 2.45) is 27.8 Å². The molecule has 228 valence electrons. The maximum atomic E-state index is 14.8. The van der Waals surface area contributed by atoms with E-state index in [1.165, 1.54) is 50.5 Å². The maximum Gasteiger partial charge on any atom is 0.255 e. The number of amides is 1. The van der Waals surface area contributed by atoms with Crippen molar-refractivity contribution in [3.8, 4) is 11.8 Å². The van der Waals surface area contributed by atoms with E-state index in [0.717, 1.165) is 17.0 Å². The molecule has 0 saturated heterocycles. The van der Waals surface area contributed by atoms with Crippen LogP contribution < -0.4 is 22.3 Å². The number of carbonyl (C=O) groups excluding carboxylic acids is 3. The van der Waals surface area contributed by atoms with Gasteiger partial charge in [0.1, 0.15) is 28.7 Å². The second-order valence-corrected chi connectivity index (χ2v) is 12.2. The summed E-state index contributed by atoms with van der Waals surface area (Å²) in [6.45, 7) is 0. The fourth-order valence-electron chi connectivity index (χ4n) is 6.93. The number of halogens is 1. The molecule has 44 heavy (non-hydrogen) atoms. The summed E-state index contributed by atoms with van der Waals surface area (Å²) in [6.07, 6.45) is 1.36. The van der Waals surface area contributed by atoms with Gasteiger partial charge in [-0.25, -0.2) is 8.60 Å². The molecule has 1 saturated carbocycles. The number of Topliss-reactive ketones (excluding diaryl/α,β-unsaturated/α-hetero) is 2. The highest BCUT2D eigenvalue weighted by atomic mass is 32.2. The Morgan fingerprint density at radius 3 is 2.25 bits per heavy atom. The topological polar surface area (TPSA) is 260 Å². The fraction of sp³-hybridized carbons (Fsp3) is 0.241. The van der Waals surface area contributed by atoms with E-state index in [9.17, 15) is 43.6 Å². The van der Waals surface area contributed by atoms with Gasteiger partial charge in [0.25, 0.3) is 5.91 Å². The van der Waals surface area contributed by atoms with Crippen LogP contribution in [0.2, 0.25) is 0 Å². The lowest BCUT2D eigenvalue weighted by atomic mass is 9.46. The molecule has 2 aromatic carbocycles. The van der Waals surface area contributed by atoms with Crippen molar-refractivity contribution >= 4 is 45.9 Å². The zero-order chi connectivity index (χ0) is 32.7. The van der Waals surface area contributed by atoms with Crippen LogP contribution in [-0.4, -0.2) is 78.4 Å². The lowest BCUT2D eigenvalue weighted by Gasteiger charge is -2.62. The summed E-state index contributed by atoms with van der Waals surface area (Å²) in [5.74, 6) is -7.64. The van der Waals surface area contributed by atoms with Crippen molar-refractivity contribution < 1.29 is 38.3 Å². The Morgan fingerprint density at radius 1 is 1.11 bits per heavy atom. The third kappa shape index (κ3) is 3.57. The number of nitriles is 1. The number of aliphatic hydroxyl groups is 2. The first kappa shape index (κ1) is 30.7. The van der Waals surface area contributed by atoms with Crippen LogP contribution in [0.1, 0.15) is 16.7 Å². The molecule has 13 nitrogen and oxygen atoms in total. The summed E-state index contributed by atoms with van der Waals surface area (Å²) >= 11 is 0. The standard InChI is InChI=1S/C29H27FN6O7S/c1-36(2)22-21(39)18(25(32)42)23(40)27(11-31)24(41)19-20(38)17-14(4-3-5-16(17)37)15(10-12-6-8-13(30)9-7-12)28(19,33)26(44(35)43)29(22,27)34/h3-10,22,26,37-38,40H,33-35H2,1-2H3,(H2,32,42)/b15-10+/t22-,26+,27+,28+,29+,44?/m1/s1. The zero-order valence-electron chi connectivity index (χ0n) is 23.2. The van der Waals surface area contributed by atoms with Gasteiger partial charge in [0.2, 0.25) is 0 Å². The Kier molecular flexibility index (Phi) is 6.92. The van der Waals surface area contributed by atoms with Crippen LogP contribution in [0.25, 0.3) is 17.4 Å². The van der Waals surface area contributed by atoms with E-state index in [2.05, 4.69) is 0 Å². The number of phenolic OH excluding ortho intramolecular Hbond substituents is 1. The lowest BCUT2D eigenvalue weighted by molar-refractivity contribution is -0.137. The molecule has 1 unspecified atom stereocenters. The number of aromatic hydroxyl groups is 1. The van der Waals surface area contributed by atoms with Crippen molar-refractivity contribution in [3.63, 3.8) is 0 Å². The van der Waals surface area contributed by atoms with Gasteiger partial charge in [-0.2, -0.15) is 5.26 Å². The van der Waals surface area contributed by atoms with Gasteiger partial charge in [0.05, 0.1) is 50.6 Å². The number of likely N-dealkylation sites (N-methyl/N-ethyl adjacent to an activating group) is 1. The molecule has 0 aromatic heterocycles. The predicted octanol–water partition coefficient (Wildman–Crippen LogP) is -0.356. The smallest absolute Gasteiger partial charge is 0.255 e. The van der Waals surface area contributed by atoms with Crippen LogP contribution in [0.5, 0.6) is 5.75 Å². The fourth-order valence-corrected chi connectivity index (χ4v) is 8.24. The summed E-state index contributed by atoms with van der Waals surface area (Å²) in [4.78, 5) is 42.2. The number of ketones is 2. The molecule has 1 amide bonds. The zero-order valence-corrected chi connectivity index (χ0v) is 24.1. The molecule has 0 bridgehead atoms. The van der Waals surface area contributed by atoms with E-state index in [-0.39, 0.29) is 16.7 Å². The van der Waals surface area contributed by atoms with Crippen LogP contribution in [0, 0.1) is 22.6 Å². The Morgan fingerprint density at radius 2 is 1.73 bits per heavy atom. The molecule has 0 spiro atoms. The highest BCUT2D eigenvalue weighted by Crippen LogP contribution is 2.61. The highest BCUT2D eigenvalue weighted by Gasteiger charge is 2.80. The van der Waals surface area contributed by atoms with Crippen LogP contribution >= 0.6 is 0 Å². The van der Waals surface area contributed by atoms with E-state index < -0.39 is 90.5 Å². The minimum atomic E-state index is -3.10. The number of nitrogens with zero attached hydrogens (tertiary/aromatic N) is 2. The normalized spacial score (nSPS) is 31.4. The molecule has 5 rings (SSSR count). The molecule has 0 heterocycles. The van der Waals surface area contributed by atoms with Crippen LogP contribution in [0.15, 0.2) is 59.4 Å². The Labute approximate surface area is 252 Å². The van der Waals surface area contributed by atoms with Gasteiger partial charge in [0, 0.05) is 0 Å². The minimum absolute atomic E-state index is 0.0236. The van der Waals surface area contributed by atoms with Gasteiger partial charge >= 0.3 is 0 Å². The molecule has 1 fully saturated rings. The Balaban J connectivity index is 2.05. The van der Waals surface area contributed by atoms with Gasteiger partial charge in [-0.15, -0.1) is 0 Å². The van der Waals surface area contributed by atoms with Gasteiger partial charge in [-0.05, 0) is 55.1 Å². The molecule has 15 heteroatoms. The SMILES string of the molecule is CN(C)[C@@H]1C(=O)C(C(N)=O)=C(O)[C@@]2(C#N)C(=O)C3=C(O)c4c(O)cccc4/C(=C\c4ccc(F)cc4)[C@@]3(N)[C@H](S(N)=O)[C@@]12N. The van der Waals surface area contributed by atoms with E-state index in [0.29, 0.717) is 5.56 Å². The molecule has 3 aliphatic rings. The third-order valence-electron chi connectivity index (χ3n) is 8.61. The summed E-state index contributed by atoms with van der Waals surface area (Å²) in [5, 5.41) is 48.7. The average Bonchev–Trinajstić information content (AvgIpc) is 2.91. The number of phenols is 1. The van der Waals surface area contributed by atoms with E-state index >= 15 is 0 Å². The number of primary amides is 1. The van der Waals surface area contributed by atoms with Crippen molar-refractivity contribution in [1.29, 1.82) is 5.26 Å². The van der Waals surface area contributed by atoms with Crippen LogP contribution in [0.3, 0.4) is 0 Å². The number of rotatable bonds is 4. The number of nitrogens with two attached hydrogens (primary N) is 4. The second kappa shape index (κ2) is 9.91. The molecule has 6 atom stereocenters. The second-order valence-electron chi connectivity index (χ2n) is 11.1. The molecule has 11 N–H and O–H groups in total. The molecular weight excluding hydrogens is 595 g/mol. The molecule has 0 radical (unpaired) electrons. The predicted molar refractivity (Wildman–Crippen MR) is 156 cm³/mol. The number of hydrogen-bond donors (Lipinski definition) is 7. The molecular formula is C29H27FN6O7S. The van der Waals surface area contributed by atoms with E-state index in [1.54, 1.807) is 6.07 Å². The van der Waals surface area contributed by atoms with E-state index in [1.807, 2.05) is 0 Å². The van der Waals surface area contributed by atoms with Crippen molar-refractivity contribution in [3.05, 3.63) is 81.9 Å². The quantitative estimate of drug-likeness (QED) is 0.217. The van der Waals surface area contributed by atoms with Crippen molar-refractivity contribution in [2.45, 2.75) is 22.4 Å². The summed E-state index contributed by atoms with van der Waals surface area (Å²) in [6, 6.07) is 8.73. The number of hydrogen-bond acceptors (Lipinski definition) is 11. The number of benzene rings is 2. The van der Waals surface area contributed by atoms with Crippen molar-refractivity contribution in [1.82, 2.24) is 4.90 Å². The summed E-state index contributed by atoms with van der Waals surface area (Å²) < 4.78 is 27.6. The Hall–Kier alpha value is -4.72. The summed E-state index contributed by atoms with van der Waals surface area (Å²) in [5.41, 5.74) is 9.06. The maximum absolute atomic E-state index is 14.8. The lowest BCUT2D eigenvalue weighted by Crippen LogP contribution is -2.87. The van der Waals surface area contributed by atoms with Crippen LogP contribution in [-0.2, 0) is 25.4 Å². The number of carbonyl (C=O) groups is 3. The number of fused-ring (bicyclic) bond motifs is 3. The van der Waals surface area contributed by atoms with Gasteiger partial charge in [-0.1, -0.05) is 24.3 Å². The Bertz CT molecular complexity index is 1850. The first-order chi connectivity index (χ1) is 20.5. The monoisotopic (exact) mass is 622 g/mol. The third-order valence-corrected chi connectivity index (χ3v) is 9.84. The van der Waals surface area contributed by atoms with E-state index in [4.69, 9.17) is 22.3 Å². The molecule has 2 aromatic rings. The average molecular weight is 623 g/mol. The number of aliphatic hydroxyl groups excluding tert-OH is 2. The first-order valence-corrected chi connectivity index (χ1v) is 14.2. The molecule has 0 aliphatic heterocycles. The van der Waals surface area contributed by atoms with Gasteiger partial charge in [0.15, 0.2) is 17.0 Å². The highest BCUT2D eigenvalue weighted by molar-refractivity contribution is 7.83. The minimum Gasteiger partial charge on any atom is -0.509 e. The van der Waals surface area contributed by atoms with Crippen molar-refractivity contribution in [2.75, 3.05) is 14.1 Å². The van der Waals surface area contributed by atoms with Gasteiger partial charge < -0.3 is 32.5 Å². The first-order valence-electron chi connectivity index (χ1n) is 12.9. The largest absolute Gasteiger partial charge is 0.509 e. The van der Waals surface area contributed by atoms with Crippen LogP contribution in [0.4, 0.5) is 4.39 Å².